The molecule has 0 fully saturated rings. The molecule has 1 aliphatic rings. The predicted octanol–water partition coefficient (Wildman–Crippen LogP) is 6.23. The average Bonchev–Trinajstić information content (AvgIpc) is 3.31. The number of halogens is 2. The number of carbonyl (C=O) groups is 1. The molecule has 0 atom stereocenters. The van der Waals surface area contributed by atoms with Gasteiger partial charge in [-0.25, -0.2) is 0 Å². The molecule has 1 aromatic carbocycles. The molecule has 0 saturated heterocycles. The molecule has 0 spiro atoms. The van der Waals surface area contributed by atoms with Crippen molar-refractivity contribution in [3.8, 4) is 11.8 Å². The van der Waals surface area contributed by atoms with Crippen LogP contribution in [-0.2, 0) is 19.4 Å². The van der Waals surface area contributed by atoms with Crippen molar-refractivity contribution in [2.45, 2.75) is 32.3 Å². The van der Waals surface area contributed by atoms with E-state index in [4.69, 9.17) is 32.4 Å². The molecule has 2 aromatic heterocycles. The molecule has 0 saturated carbocycles. The number of benzene rings is 1. The highest BCUT2D eigenvalue weighted by atomic mass is 35.5. The lowest BCUT2D eigenvalue weighted by Crippen LogP contribution is -2.11. The summed E-state index contributed by atoms with van der Waals surface area (Å²) >= 11 is 13.4. The highest BCUT2D eigenvalue weighted by molar-refractivity contribution is 7.16. The molecular weight excluding hydrogens is 431 g/mol. The van der Waals surface area contributed by atoms with Crippen molar-refractivity contribution in [1.82, 2.24) is 0 Å². The smallest absolute Gasteiger partial charge is 0.292 e. The van der Waals surface area contributed by atoms with Crippen LogP contribution in [0.2, 0.25) is 10.0 Å². The van der Waals surface area contributed by atoms with Gasteiger partial charge in [0.05, 0.1) is 10.6 Å². The van der Waals surface area contributed by atoms with Crippen LogP contribution in [-0.4, -0.2) is 5.91 Å². The second-order valence-electron chi connectivity index (χ2n) is 6.61. The second-order valence-corrected chi connectivity index (χ2v) is 8.56. The standard InChI is InChI=1S/C21H16Cl2N2O3S/c22-12-5-7-17(16(23)9-12)27-11-13-6-8-18(28-13)20(26)25-21-15(10-24)14-3-1-2-4-19(14)29-21/h5-9H,1-4,11H2,(H,25,26). The van der Waals surface area contributed by atoms with Gasteiger partial charge in [-0.2, -0.15) is 5.26 Å². The van der Waals surface area contributed by atoms with Gasteiger partial charge in [0.15, 0.2) is 5.76 Å². The second kappa shape index (κ2) is 8.50. The Labute approximate surface area is 181 Å². The quantitative estimate of drug-likeness (QED) is 0.503. The van der Waals surface area contributed by atoms with E-state index in [1.807, 2.05) is 0 Å². The van der Waals surface area contributed by atoms with Crippen LogP contribution in [0.25, 0.3) is 0 Å². The van der Waals surface area contributed by atoms with Crippen molar-refractivity contribution in [3.63, 3.8) is 0 Å². The largest absolute Gasteiger partial charge is 0.484 e. The molecule has 0 aliphatic heterocycles. The molecule has 29 heavy (non-hydrogen) atoms. The van der Waals surface area contributed by atoms with E-state index >= 15 is 0 Å². The van der Waals surface area contributed by atoms with E-state index in [0.29, 0.717) is 32.1 Å². The molecule has 0 bridgehead atoms. The summed E-state index contributed by atoms with van der Waals surface area (Å²) in [5, 5.41) is 13.8. The van der Waals surface area contributed by atoms with Crippen molar-refractivity contribution in [3.05, 3.63) is 67.9 Å². The summed E-state index contributed by atoms with van der Waals surface area (Å²) in [4.78, 5) is 13.8. The van der Waals surface area contributed by atoms with Crippen LogP contribution < -0.4 is 10.1 Å². The molecule has 1 N–H and O–H groups in total. The predicted molar refractivity (Wildman–Crippen MR) is 113 cm³/mol. The van der Waals surface area contributed by atoms with Gasteiger partial charge in [0.1, 0.15) is 29.2 Å². The number of rotatable bonds is 5. The summed E-state index contributed by atoms with van der Waals surface area (Å²) in [6, 6.07) is 10.4. The molecule has 1 amide bonds. The SMILES string of the molecule is N#Cc1c(NC(=O)c2ccc(COc3ccc(Cl)cc3Cl)o2)sc2c1CCCC2. The number of nitrogens with one attached hydrogen (secondary N) is 1. The molecular formula is C21H16Cl2N2O3S. The van der Waals surface area contributed by atoms with Crippen LogP contribution in [0.5, 0.6) is 5.75 Å². The number of furan rings is 1. The Balaban J connectivity index is 1.44. The maximum absolute atomic E-state index is 12.6. The summed E-state index contributed by atoms with van der Waals surface area (Å²) in [7, 11) is 0. The Morgan fingerprint density at radius 3 is 2.86 bits per heavy atom. The van der Waals surface area contributed by atoms with Crippen LogP contribution in [0.3, 0.4) is 0 Å². The van der Waals surface area contributed by atoms with E-state index in [1.165, 1.54) is 16.2 Å². The third-order valence-electron chi connectivity index (χ3n) is 4.66. The maximum Gasteiger partial charge on any atom is 0.292 e. The fourth-order valence-electron chi connectivity index (χ4n) is 3.26. The van der Waals surface area contributed by atoms with Gasteiger partial charge < -0.3 is 14.5 Å². The first kappa shape index (κ1) is 19.8. The van der Waals surface area contributed by atoms with E-state index in [2.05, 4.69) is 11.4 Å². The summed E-state index contributed by atoms with van der Waals surface area (Å²) < 4.78 is 11.2. The van der Waals surface area contributed by atoms with Crippen LogP contribution in [0.15, 0.2) is 34.7 Å². The molecule has 0 radical (unpaired) electrons. The minimum atomic E-state index is -0.393. The topological polar surface area (TPSA) is 75.3 Å². The fourth-order valence-corrected chi connectivity index (χ4v) is 4.95. The highest BCUT2D eigenvalue weighted by Gasteiger charge is 2.23. The lowest BCUT2D eigenvalue weighted by Gasteiger charge is -2.09. The number of anilines is 1. The van der Waals surface area contributed by atoms with Crippen molar-refractivity contribution < 1.29 is 13.9 Å². The normalized spacial score (nSPS) is 12.9. The van der Waals surface area contributed by atoms with Gasteiger partial charge in [-0.1, -0.05) is 23.2 Å². The maximum atomic E-state index is 12.6. The molecule has 3 aromatic rings. The zero-order chi connectivity index (χ0) is 20.4. The number of amides is 1. The van der Waals surface area contributed by atoms with Crippen LogP contribution in [0.4, 0.5) is 5.00 Å². The number of thiophene rings is 1. The number of hydrogen-bond donors (Lipinski definition) is 1. The number of aryl methyl sites for hydroxylation is 1. The van der Waals surface area contributed by atoms with Crippen molar-refractivity contribution in [1.29, 1.82) is 5.26 Å². The molecule has 8 heteroatoms. The Morgan fingerprint density at radius 1 is 1.24 bits per heavy atom. The molecule has 148 valence electrons. The zero-order valence-corrected chi connectivity index (χ0v) is 17.6. The number of fused-ring (bicyclic) bond motifs is 1. The van der Waals surface area contributed by atoms with Gasteiger partial charge in [0, 0.05) is 9.90 Å². The molecule has 5 nitrogen and oxygen atoms in total. The first-order valence-electron chi connectivity index (χ1n) is 9.07. The highest BCUT2D eigenvalue weighted by Crippen LogP contribution is 2.37. The van der Waals surface area contributed by atoms with E-state index in [0.717, 1.165) is 31.2 Å². The van der Waals surface area contributed by atoms with Crippen molar-refractivity contribution >= 4 is 45.4 Å². The lowest BCUT2D eigenvalue weighted by molar-refractivity contribution is 0.0993. The monoisotopic (exact) mass is 446 g/mol. The van der Waals surface area contributed by atoms with Crippen molar-refractivity contribution in [2.24, 2.45) is 0 Å². The first-order valence-corrected chi connectivity index (χ1v) is 10.6. The number of carbonyl (C=O) groups excluding carboxylic acids is 1. The lowest BCUT2D eigenvalue weighted by atomic mass is 9.96. The molecule has 0 unspecified atom stereocenters. The van der Waals surface area contributed by atoms with Crippen LogP contribution in [0.1, 0.15) is 45.2 Å². The number of nitriles is 1. The Hall–Kier alpha value is -2.46. The minimum absolute atomic E-state index is 0.116. The minimum Gasteiger partial charge on any atom is -0.484 e. The third kappa shape index (κ3) is 4.27. The van der Waals surface area contributed by atoms with E-state index < -0.39 is 5.91 Å². The van der Waals surface area contributed by atoms with Crippen LogP contribution >= 0.6 is 34.5 Å². The third-order valence-corrected chi connectivity index (χ3v) is 6.40. The Morgan fingerprint density at radius 2 is 2.07 bits per heavy atom. The average molecular weight is 447 g/mol. The molecule has 1 aliphatic carbocycles. The summed E-state index contributed by atoms with van der Waals surface area (Å²) in [6.07, 6.45) is 4.04. The molecule has 2 heterocycles. The Bertz CT molecular complexity index is 1110. The summed E-state index contributed by atoms with van der Waals surface area (Å²) in [6.45, 7) is 0.116. The molecule has 4 rings (SSSR count). The van der Waals surface area contributed by atoms with Gasteiger partial charge >= 0.3 is 0 Å². The van der Waals surface area contributed by atoms with E-state index in [1.54, 1.807) is 30.3 Å². The van der Waals surface area contributed by atoms with Gasteiger partial charge in [-0.15, -0.1) is 11.3 Å². The van der Waals surface area contributed by atoms with E-state index in [9.17, 15) is 10.1 Å². The number of nitrogens with zero attached hydrogens (tertiary/aromatic N) is 1. The summed E-state index contributed by atoms with van der Waals surface area (Å²) in [5.74, 6) is 0.713. The zero-order valence-electron chi connectivity index (χ0n) is 15.3. The van der Waals surface area contributed by atoms with E-state index in [-0.39, 0.29) is 12.4 Å². The number of ether oxygens (including phenoxy) is 1. The van der Waals surface area contributed by atoms with Crippen LogP contribution in [0, 0.1) is 11.3 Å². The summed E-state index contributed by atoms with van der Waals surface area (Å²) in [5.41, 5.74) is 1.65. The van der Waals surface area contributed by atoms with Gasteiger partial charge in [0.25, 0.3) is 5.91 Å². The van der Waals surface area contributed by atoms with Gasteiger partial charge in [-0.05, 0) is 61.6 Å². The fraction of sp³-hybridized carbons (Fsp3) is 0.238. The van der Waals surface area contributed by atoms with Gasteiger partial charge in [0.2, 0.25) is 0 Å². The first-order chi connectivity index (χ1) is 14.0. The van der Waals surface area contributed by atoms with Gasteiger partial charge in [-0.3, -0.25) is 4.79 Å². The van der Waals surface area contributed by atoms with Crippen molar-refractivity contribution in [2.75, 3.05) is 5.32 Å². The number of hydrogen-bond acceptors (Lipinski definition) is 5. The Kier molecular flexibility index (Phi) is 5.81.